The molecule has 0 heterocycles. The molecular weight excluding hydrogens is 248 g/mol. The number of hydrogen-bond acceptors (Lipinski definition) is 3. The molecule has 18 heavy (non-hydrogen) atoms. The standard InChI is InChI=1S/C13H22N2O2S/c1-10(2)11(3)15-9-8-12-4-6-13(7-5-12)18(14,16)17/h4-7,10-11,15H,8-9H2,1-3H3,(H2,14,16,17). The fraction of sp³-hybridized carbons (Fsp3) is 0.538. The molecule has 1 atom stereocenters. The van der Waals surface area contributed by atoms with E-state index in [4.69, 9.17) is 5.14 Å². The van der Waals surface area contributed by atoms with Gasteiger partial charge in [-0.1, -0.05) is 26.0 Å². The average molecular weight is 270 g/mol. The summed E-state index contributed by atoms with van der Waals surface area (Å²) >= 11 is 0. The lowest BCUT2D eigenvalue weighted by Gasteiger charge is -2.17. The van der Waals surface area contributed by atoms with Gasteiger partial charge in [-0.2, -0.15) is 0 Å². The summed E-state index contributed by atoms with van der Waals surface area (Å²) in [6.45, 7) is 7.40. The van der Waals surface area contributed by atoms with Crippen molar-refractivity contribution in [2.75, 3.05) is 6.54 Å². The van der Waals surface area contributed by atoms with Crippen molar-refractivity contribution >= 4 is 10.0 Å². The SMILES string of the molecule is CC(C)C(C)NCCc1ccc(S(N)(=O)=O)cc1. The van der Waals surface area contributed by atoms with Gasteiger partial charge in [0.05, 0.1) is 4.90 Å². The van der Waals surface area contributed by atoms with Crippen molar-refractivity contribution in [3.05, 3.63) is 29.8 Å². The lowest BCUT2D eigenvalue weighted by molar-refractivity contribution is 0.430. The van der Waals surface area contributed by atoms with E-state index in [2.05, 4.69) is 26.1 Å². The van der Waals surface area contributed by atoms with E-state index in [1.807, 2.05) is 12.1 Å². The highest BCUT2D eigenvalue weighted by molar-refractivity contribution is 7.89. The molecule has 0 saturated carbocycles. The van der Waals surface area contributed by atoms with Gasteiger partial charge < -0.3 is 5.32 Å². The second-order valence-electron chi connectivity index (χ2n) is 4.93. The molecule has 0 amide bonds. The first kappa shape index (κ1) is 15.1. The fourth-order valence-electron chi connectivity index (χ4n) is 1.53. The maximum absolute atomic E-state index is 11.1. The molecule has 5 heteroatoms. The van der Waals surface area contributed by atoms with Gasteiger partial charge in [-0.05, 0) is 43.5 Å². The second kappa shape index (κ2) is 6.31. The van der Waals surface area contributed by atoms with Crippen LogP contribution in [0.3, 0.4) is 0 Å². The molecule has 0 aliphatic heterocycles. The summed E-state index contributed by atoms with van der Waals surface area (Å²) in [5.74, 6) is 0.606. The van der Waals surface area contributed by atoms with Crippen LogP contribution in [0.5, 0.6) is 0 Å². The Bertz CT molecular complexity index is 466. The molecule has 0 aliphatic carbocycles. The molecule has 0 fully saturated rings. The largest absolute Gasteiger partial charge is 0.314 e. The van der Waals surface area contributed by atoms with Gasteiger partial charge in [-0.25, -0.2) is 13.6 Å². The molecule has 1 unspecified atom stereocenters. The monoisotopic (exact) mass is 270 g/mol. The van der Waals surface area contributed by atoms with Crippen LogP contribution < -0.4 is 10.5 Å². The van der Waals surface area contributed by atoms with Gasteiger partial charge in [-0.15, -0.1) is 0 Å². The molecule has 3 N–H and O–H groups in total. The second-order valence-corrected chi connectivity index (χ2v) is 6.49. The molecule has 1 aromatic rings. The smallest absolute Gasteiger partial charge is 0.238 e. The predicted octanol–water partition coefficient (Wildman–Crippen LogP) is 1.51. The summed E-state index contributed by atoms with van der Waals surface area (Å²) in [4.78, 5) is 0.162. The molecule has 1 aromatic carbocycles. The van der Waals surface area contributed by atoms with Crippen LogP contribution in [0.4, 0.5) is 0 Å². The first-order chi connectivity index (χ1) is 8.30. The van der Waals surface area contributed by atoms with Crippen LogP contribution in [0.1, 0.15) is 26.3 Å². The molecular formula is C13H22N2O2S. The zero-order valence-corrected chi connectivity index (χ0v) is 12.0. The first-order valence-corrected chi connectivity index (χ1v) is 7.70. The zero-order chi connectivity index (χ0) is 13.8. The van der Waals surface area contributed by atoms with Gasteiger partial charge in [0.15, 0.2) is 0 Å². The molecule has 4 nitrogen and oxygen atoms in total. The third kappa shape index (κ3) is 4.76. The van der Waals surface area contributed by atoms with Crippen molar-refractivity contribution < 1.29 is 8.42 Å². The summed E-state index contributed by atoms with van der Waals surface area (Å²) in [6.07, 6.45) is 0.877. The molecule has 0 saturated heterocycles. The van der Waals surface area contributed by atoms with Crippen molar-refractivity contribution in [2.45, 2.75) is 38.1 Å². The van der Waals surface area contributed by atoms with Gasteiger partial charge in [0, 0.05) is 6.04 Å². The summed E-state index contributed by atoms with van der Waals surface area (Å²) in [7, 11) is -3.58. The van der Waals surface area contributed by atoms with Crippen LogP contribution in [0.2, 0.25) is 0 Å². The summed E-state index contributed by atoms with van der Waals surface area (Å²) in [6, 6.07) is 7.20. The fourth-order valence-corrected chi connectivity index (χ4v) is 2.04. The maximum Gasteiger partial charge on any atom is 0.238 e. The third-order valence-electron chi connectivity index (χ3n) is 3.13. The van der Waals surface area contributed by atoms with E-state index in [0.717, 1.165) is 18.5 Å². The van der Waals surface area contributed by atoms with Crippen molar-refractivity contribution in [1.82, 2.24) is 5.32 Å². The summed E-state index contributed by atoms with van der Waals surface area (Å²) < 4.78 is 22.2. The summed E-state index contributed by atoms with van der Waals surface area (Å²) in [5, 5.41) is 8.47. The van der Waals surface area contributed by atoms with Crippen LogP contribution in [-0.2, 0) is 16.4 Å². The van der Waals surface area contributed by atoms with E-state index in [1.54, 1.807) is 12.1 Å². The predicted molar refractivity (Wildman–Crippen MR) is 73.8 cm³/mol. The van der Waals surface area contributed by atoms with E-state index in [0.29, 0.717) is 12.0 Å². The highest BCUT2D eigenvalue weighted by Crippen LogP contribution is 2.09. The minimum absolute atomic E-state index is 0.162. The highest BCUT2D eigenvalue weighted by Gasteiger charge is 2.07. The topological polar surface area (TPSA) is 72.2 Å². The lowest BCUT2D eigenvalue weighted by Crippen LogP contribution is -2.32. The van der Waals surface area contributed by atoms with Crippen molar-refractivity contribution in [3.8, 4) is 0 Å². The Hall–Kier alpha value is -0.910. The average Bonchev–Trinajstić information content (AvgIpc) is 2.28. The number of rotatable bonds is 6. The van der Waals surface area contributed by atoms with Crippen molar-refractivity contribution in [1.29, 1.82) is 0 Å². The minimum Gasteiger partial charge on any atom is -0.314 e. The number of nitrogens with one attached hydrogen (secondary N) is 1. The van der Waals surface area contributed by atoms with Crippen molar-refractivity contribution in [3.63, 3.8) is 0 Å². The molecule has 0 aliphatic rings. The Balaban J connectivity index is 2.50. The van der Waals surface area contributed by atoms with E-state index in [-0.39, 0.29) is 4.90 Å². The molecule has 1 rings (SSSR count). The normalized spacial score (nSPS) is 13.8. The van der Waals surface area contributed by atoms with Gasteiger partial charge in [-0.3, -0.25) is 0 Å². The Kier molecular flexibility index (Phi) is 5.31. The van der Waals surface area contributed by atoms with Gasteiger partial charge in [0.2, 0.25) is 10.0 Å². The Morgan fingerprint density at radius 1 is 1.17 bits per heavy atom. The number of primary sulfonamides is 1. The van der Waals surface area contributed by atoms with Crippen molar-refractivity contribution in [2.24, 2.45) is 11.1 Å². The van der Waals surface area contributed by atoms with Crippen LogP contribution in [0.15, 0.2) is 29.2 Å². The van der Waals surface area contributed by atoms with Crippen LogP contribution in [0, 0.1) is 5.92 Å². The Morgan fingerprint density at radius 2 is 1.72 bits per heavy atom. The third-order valence-corrected chi connectivity index (χ3v) is 4.06. The quantitative estimate of drug-likeness (QED) is 0.823. The van der Waals surface area contributed by atoms with E-state index in [1.165, 1.54) is 0 Å². The highest BCUT2D eigenvalue weighted by atomic mass is 32.2. The van der Waals surface area contributed by atoms with E-state index >= 15 is 0 Å². The van der Waals surface area contributed by atoms with E-state index < -0.39 is 10.0 Å². The number of sulfonamides is 1. The first-order valence-electron chi connectivity index (χ1n) is 6.16. The molecule has 0 aromatic heterocycles. The molecule has 0 radical (unpaired) electrons. The van der Waals surface area contributed by atoms with Gasteiger partial charge in [0.25, 0.3) is 0 Å². The molecule has 102 valence electrons. The van der Waals surface area contributed by atoms with Crippen LogP contribution >= 0.6 is 0 Å². The lowest BCUT2D eigenvalue weighted by atomic mass is 10.1. The molecule has 0 spiro atoms. The number of benzene rings is 1. The zero-order valence-electron chi connectivity index (χ0n) is 11.2. The number of hydrogen-bond donors (Lipinski definition) is 2. The van der Waals surface area contributed by atoms with Crippen LogP contribution in [-0.4, -0.2) is 21.0 Å². The Labute approximate surface area is 110 Å². The maximum atomic E-state index is 11.1. The minimum atomic E-state index is -3.58. The van der Waals surface area contributed by atoms with E-state index in [9.17, 15) is 8.42 Å². The van der Waals surface area contributed by atoms with Gasteiger partial charge >= 0.3 is 0 Å². The van der Waals surface area contributed by atoms with Gasteiger partial charge in [0.1, 0.15) is 0 Å². The number of nitrogens with two attached hydrogens (primary N) is 1. The Morgan fingerprint density at radius 3 is 2.17 bits per heavy atom. The molecule has 0 bridgehead atoms. The van der Waals surface area contributed by atoms with Crippen LogP contribution in [0.25, 0.3) is 0 Å². The summed E-state index contributed by atoms with van der Waals surface area (Å²) in [5.41, 5.74) is 1.10.